The molecule has 0 saturated heterocycles. The van der Waals surface area contributed by atoms with Crippen LogP contribution in [0.25, 0.3) is 10.9 Å². The first-order valence-corrected chi connectivity index (χ1v) is 6.81. The fourth-order valence-electron chi connectivity index (χ4n) is 2.31. The summed E-state index contributed by atoms with van der Waals surface area (Å²) in [5, 5.41) is 4.64. The van der Waals surface area contributed by atoms with E-state index in [0.717, 1.165) is 30.7 Å². The van der Waals surface area contributed by atoms with Gasteiger partial charge < -0.3 is 5.32 Å². The van der Waals surface area contributed by atoms with Gasteiger partial charge in [-0.2, -0.15) is 0 Å². The van der Waals surface area contributed by atoms with Crippen molar-refractivity contribution in [1.82, 2.24) is 4.98 Å². The van der Waals surface area contributed by atoms with Crippen molar-refractivity contribution in [3.63, 3.8) is 0 Å². The van der Waals surface area contributed by atoms with E-state index in [1.807, 2.05) is 0 Å². The molecule has 18 heavy (non-hydrogen) atoms. The van der Waals surface area contributed by atoms with Crippen molar-refractivity contribution in [3.8, 4) is 0 Å². The van der Waals surface area contributed by atoms with E-state index in [9.17, 15) is 0 Å². The fourth-order valence-corrected chi connectivity index (χ4v) is 2.31. The minimum Gasteiger partial charge on any atom is -0.370 e. The van der Waals surface area contributed by atoms with Crippen LogP contribution in [0, 0.1) is 13.8 Å². The van der Waals surface area contributed by atoms with E-state index in [2.05, 4.69) is 51.2 Å². The third-order valence-corrected chi connectivity index (χ3v) is 3.45. The fraction of sp³-hybridized carbons (Fsp3) is 0.438. The maximum atomic E-state index is 4.83. The molecule has 2 rings (SSSR count). The molecular formula is C16H22N2. The van der Waals surface area contributed by atoms with Gasteiger partial charge in [-0.3, -0.25) is 0 Å². The van der Waals surface area contributed by atoms with Crippen molar-refractivity contribution in [2.45, 2.75) is 40.5 Å². The van der Waals surface area contributed by atoms with E-state index in [1.165, 1.54) is 22.1 Å². The van der Waals surface area contributed by atoms with Crippen LogP contribution < -0.4 is 5.32 Å². The number of hydrogen-bond acceptors (Lipinski definition) is 2. The molecule has 2 aromatic rings. The van der Waals surface area contributed by atoms with Gasteiger partial charge in [-0.25, -0.2) is 4.98 Å². The summed E-state index contributed by atoms with van der Waals surface area (Å²) in [6.07, 6.45) is 2.23. The van der Waals surface area contributed by atoms with E-state index in [0.29, 0.717) is 0 Å². The van der Waals surface area contributed by atoms with Gasteiger partial charge in [-0.15, -0.1) is 0 Å². The largest absolute Gasteiger partial charge is 0.370 e. The van der Waals surface area contributed by atoms with Gasteiger partial charge >= 0.3 is 0 Å². The van der Waals surface area contributed by atoms with E-state index in [4.69, 9.17) is 4.98 Å². The molecule has 2 nitrogen and oxygen atoms in total. The molecule has 0 aliphatic heterocycles. The molecule has 2 heteroatoms. The van der Waals surface area contributed by atoms with Crippen molar-refractivity contribution in [1.29, 1.82) is 0 Å². The monoisotopic (exact) mass is 242 g/mol. The first kappa shape index (κ1) is 12.9. The van der Waals surface area contributed by atoms with E-state index in [1.54, 1.807) is 0 Å². The standard InChI is InChI=1S/C16H22N2/c1-5-7-14-10-13-9-8-11(3)12(4)15(13)18-16(14)17-6-2/h8-10H,5-7H2,1-4H3,(H,17,18). The summed E-state index contributed by atoms with van der Waals surface area (Å²) in [4.78, 5) is 4.83. The van der Waals surface area contributed by atoms with Crippen LogP contribution in [0.2, 0.25) is 0 Å². The zero-order valence-electron chi connectivity index (χ0n) is 11.8. The Balaban J connectivity index is 2.64. The molecule has 0 bridgehead atoms. The summed E-state index contributed by atoms with van der Waals surface area (Å²) < 4.78 is 0. The highest BCUT2D eigenvalue weighted by molar-refractivity contribution is 5.85. The van der Waals surface area contributed by atoms with Gasteiger partial charge in [-0.1, -0.05) is 25.5 Å². The van der Waals surface area contributed by atoms with Crippen LogP contribution in [0.5, 0.6) is 0 Å². The van der Waals surface area contributed by atoms with Crippen LogP contribution in [0.15, 0.2) is 18.2 Å². The number of aryl methyl sites for hydroxylation is 3. The summed E-state index contributed by atoms with van der Waals surface area (Å²) in [6.45, 7) is 9.54. The summed E-state index contributed by atoms with van der Waals surface area (Å²) in [5.74, 6) is 1.06. The second kappa shape index (κ2) is 5.38. The summed E-state index contributed by atoms with van der Waals surface area (Å²) in [7, 11) is 0. The van der Waals surface area contributed by atoms with Gasteiger partial charge in [-0.05, 0) is 49.9 Å². The number of benzene rings is 1. The second-order valence-electron chi connectivity index (χ2n) is 4.86. The van der Waals surface area contributed by atoms with Gasteiger partial charge in [0.25, 0.3) is 0 Å². The normalized spacial score (nSPS) is 10.9. The summed E-state index contributed by atoms with van der Waals surface area (Å²) in [5.41, 5.74) is 5.05. The number of rotatable bonds is 4. The minimum atomic E-state index is 0.917. The van der Waals surface area contributed by atoms with Crippen LogP contribution in [-0.4, -0.2) is 11.5 Å². The molecular weight excluding hydrogens is 220 g/mol. The molecule has 0 saturated carbocycles. The molecule has 96 valence electrons. The average Bonchev–Trinajstić information content (AvgIpc) is 2.36. The Morgan fingerprint density at radius 1 is 1.17 bits per heavy atom. The molecule has 0 radical (unpaired) electrons. The average molecular weight is 242 g/mol. The maximum absolute atomic E-state index is 4.83. The van der Waals surface area contributed by atoms with E-state index in [-0.39, 0.29) is 0 Å². The summed E-state index contributed by atoms with van der Waals surface area (Å²) >= 11 is 0. The predicted molar refractivity (Wildman–Crippen MR) is 79.4 cm³/mol. The predicted octanol–water partition coefficient (Wildman–Crippen LogP) is 4.24. The number of nitrogens with zero attached hydrogens (tertiary/aromatic N) is 1. The molecule has 0 spiro atoms. The topological polar surface area (TPSA) is 24.9 Å². The zero-order valence-corrected chi connectivity index (χ0v) is 11.8. The molecule has 1 N–H and O–H groups in total. The van der Waals surface area contributed by atoms with Crippen LogP contribution >= 0.6 is 0 Å². The second-order valence-corrected chi connectivity index (χ2v) is 4.86. The maximum Gasteiger partial charge on any atom is 0.129 e. The lowest BCUT2D eigenvalue weighted by molar-refractivity contribution is 0.915. The Bertz CT molecular complexity index is 559. The number of pyridine rings is 1. The molecule has 0 aliphatic rings. The molecule has 1 heterocycles. The van der Waals surface area contributed by atoms with Gasteiger partial charge in [0.15, 0.2) is 0 Å². The molecule has 0 unspecified atom stereocenters. The van der Waals surface area contributed by atoms with Crippen LogP contribution in [-0.2, 0) is 6.42 Å². The van der Waals surface area contributed by atoms with Gasteiger partial charge in [0.1, 0.15) is 5.82 Å². The Labute approximate surface area is 109 Å². The molecule has 1 aromatic carbocycles. The minimum absolute atomic E-state index is 0.917. The van der Waals surface area contributed by atoms with Gasteiger partial charge in [0.05, 0.1) is 5.52 Å². The Morgan fingerprint density at radius 3 is 2.61 bits per heavy atom. The molecule has 0 fully saturated rings. The Hall–Kier alpha value is -1.57. The van der Waals surface area contributed by atoms with E-state index >= 15 is 0 Å². The SMILES string of the molecule is CCCc1cc2ccc(C)c(C)c2nc1NCC. The lowest BCUT2D eigenvalue weighted by Crippen LogP contribution is -2.04. The van der Waals surface area contributed by atoms with Crippen molar-refractivity contribution in [3.05, 3.63) is 34.9 Å². The first-order valence-electron chi connectivity index (χ1n) is 6.81. The summed E-state index contributed by atoms with van der Waals surface area (Å²) in [6, 6.07) is 6.65. The van der Waals surface area contributed by atoms with E-state index < -0.39 is 0 Å². The number of anilines is 1. The van der Waals surface area contributed by atoms with Crippen LogP contribution in [0.4, 0.5) is 5.82 Å². The van der Waals surface area contributed by atoms with Crippen molar-refractivity contribution >= 4 is 16.7 Å². The van der Waals surface area contributed by atoms with Crippen molar-refractivity contribution in [2.75, 3.05) is 11.9 Å². The highest BCUT2D eigenvalue weighted by Gasteiger charge is 2.08. The molecule has 0 amide bonds. The quantitative estimate of drug-likeness (QED) is 0.867. The lowest BCUT2D eigenvalue weighted by atomic mass is 10.0. The third-order valence-electron chi connectivity index (χ3n) is 3.45. The smallest absolute Gasteiger partial charge is 0.129 e. The lowest BCUT2D eigenvalue weighted by Gasteiger charge is -2.13. The van der Waals surface area contributed by atoms with Crippen molar-refractivity contribution in [2.24, 2.45) is 0 Å². The van der Waals surface area contributed by atoms with Crippen LogP contribution in [0.1, 0.15) is 37.0 Å². The Kier molecular flexibility index (Phi) is 3.85. The van der Waals surface area contributed by atoms with Gasteiger partial charge in [0.2, 0.25) is 0 Å². The van der Waals surface area contributed by atoms with Crippen molar-refractivity contribution < 1.29 is 0 Å². The highest BCUT2D eigenvalue weighted by Crippen LogP contribution is 2.25. The molecule has 0 aliphatic carbocycles. The number of fused-ring (bicyclic) bond motifs is 1. The van der Waals surface area contributed by atoms with Gasteiger partial charge in [0, 0.05) is 11.9 Å². The zero-order chi connectivity index (χ0) is 13.1. The highest BCUT2D eigenvalue weighted by atomic mass is 15.0. The number of hydrogen-bond donors (Lipinski definition) is 1. The molecule has 0 atom stereocenters. The third kappa shape index (κ3) is 2.33. The number of nitrogens with one attached hydrogen (secondary N) is 1. The van der Waals surface area contributed by atoms with Crippen LogP contribution in [0.3, 0.4) is 0 Å². The molecule has 1 aromatic heterocycles. The first-order chi connectivity index (χ1) is 8.67. The Morgan fingerprint density at radius 2 is 1.94 bits per heavy atom. The number of aromatic nitrogens is 1.